The molecule has 2 aromatic carbocycles. The molecular weight excluding hydrogens is 407 g/mol. The second-order valence-corrected chi connectivity index (χ2v) is 7.92. The number of fused-ring (bicyclic) bond motifs is 1. The van der Waals surface area contributed by atoms with Crippen LogP contribution in [0.4, 0.5) is 4.39 Å². The van der Waals surface area contributed by atoms with Gasteiger partial charge >= 0.3 is 0 Å². The number of rotatable bonds is 6. The monoisotopic (exact) mass is 432 g/mol. The lowest BCUT2D eigenvalue weighted by molar-refractivity contribution is -0.121. The molecule has 2 aromatic heterocycles. The Hall–Kier alpha value is -3.74. The Labute approximate surface area is 185 Å². The van der Waals surface area contributed by atoms with Crippen LogP contribution in [-0.4, -0.2) is 20.0 Å². The van der Waals surface area contributed by atoms with Crippen LogP contribution in [0.3, 0.4) is 0 Å². The number of aryl methyl sites for hydroxylation is 3. The van der Waals surface area contributed by atoms with Gasteiger partial charge in [0.05, 0.1) is 17.4 Å². The molecule has 0 saturated carbocycles. The van der Waals surface area contributed by atoms with Crippen molar-refractivity contribution in [2.45, 2.75) is 40.3 Å². The van der Waals surface area contributed by atoms with Crippen molar-refractivity contribution in [3.8, 4) is 5.69 Å². The number of nitrogens with zero attached hydrogens (tertiary/aromatic N) is 3. The van der Waals surface area contributed by atoms with Crippen LogP contribution in [0.5, 0.6) is 0 Å². The third kappa shape index (κ3) is 4.06. The number of aromatic nitrogens is 3. The molecule has 0 unspecified atom stereocenters. The molecule has 0 atom stereocenters. The number of hydrogen-bond acceptors (Lipinski definition) is 3. The van der Waals surface area contributed by atoms with Gasteiger partial charge in [0.2, 0.25) is 5.91 Å². The van der Waals surface area contributed by atoms with Crippen molar-refractivity contribution in [1.29, 1.82) is 0 Å². The summed E-state index contributed by atoms with van der Waals surface area (Å²) in [5.74, 6) is -0.489. The van der Waals surface area contributed by atoms with E-state index in [0.717, 1.165) is 22.4 Å². The molecule has 164 valence electrons. The Morgan fingerprint density at radius 2 is 1.88 bits per heavy atom. The average Bonchev–Trinajstić information content (AvgIpc) is 3.03. The summed E-state index contributed by atoms with van der Waals surface area (Å²) in [6.45, 7) is 6.42. The van der Waals surface area contributed by atoms with Crippen LogP contribution in [0.25, 0.3) is 16.7 Å². The van der Waals surface area contributed by atoms with Crippen LogP contribution >= 0.6 is 0 Å². The maximum Gasteiger partial charge on any atom is 0.263 e. The van der Waals surface area contributed by atoms with E-state index in [-0.39, 0.29) is 30.2 Å². The minimum absolute atomic E-state index is 0.134. The van der Waals surface area contributed by atoms with Crippen LogP contribution in [-0.2, 0) is 17.9 Å². The highest BCUT2D eigenvalue weighted by atomic mass is 19.1. The number of nitrogens with one attached hydrogen (secondary N) is 1. The molecular formula is C25H25FN4O2. The van der Waals surface area contributed by atoms with Gasteiger partial charge in [-0.25, -0.2) is 9.37 Å². The van der Waals surface area contributed by atoms with Gasteiger partial charge in [0.15, 0.2) is 5.65 Å². The van der Waals surface area contributed by atoms with Gasteiger partial charge in [-0.1, -0.05) is 30.3 Å². The molecule has 0 saturated heterocycles. The van der Waals surface area contributed by atoms with Gasteiger partial charge in [-0.3, -0.25) is 18.7 Å². The molecule has 1 N–H and O–H groups in total. The average molecular weight is 432 g/mol. The summed E-state index contributed by atoms with van der Waals surface area (Å²) >= 11 is 0. The number of halogens is 1. The molecule has 4 rings (SSSR count). The summed E-state index contributed by atoms with van der Waals surface area (Å²) in [6.07, 6.45) is 1.62. The summed E-state index contributed by atoms with van der Waals surface area (Å²) in [5, 5.41) is 3.38. The third-order valence-electron chi connectivity index (χ3n) is 5.87. The molecule has 0 radical (unpaired) electrons. The van der Waals surface area contributed by atoms with Gasteiger partial charge in [0.25, 0.3) is 5.56 Å². The highest BCUT2D eigenvalue weighted by Crippen LogP contribution is 2.25. The van der Waals surface area contributed by atoms with Gasteiger partial charge in [-0.2, -0.15) is 0 Å². The Bertz CT molecular complexity index is 1370. The Morgan fingerprint density at radius 3 is 2.62 bits per heavy atom. The third-order valence-corrected chi connectivity index (χ3v) is 5.87. The lowest BCUT2D eigenvalue weighted by Gasteiger charge is -2.10. The standard InChI is InChI=1S/C25H25FN4O2/c1-16-7-4-5-8-19(16)14-27-22(31)11-12-29-15-28-24-23(25(29)32)17(2)18(3)30(24)21-10-6-9-20(26)13-21/h4-10,13,15H,11-12,14H2,1-3H3,(H,27,31). The minimum Gasteiger partial charge on any atom is -0.352 e. The van der Waals surface area contributed by atoms with Crippen LogP contribution in [0.1, 0.15) is 28.8 Å². The molecule has 7 heteroatoms. The number of benzene rings is 2. The van der Waals surface area contributed by atoms with E-state index in [9.17, 15) is 14.0 Å². The fourth-order valence-corrected chi connectivity index (χ4v) is 3.89. The van der Waals surface area contributed by atoms with Gasteiger partial charge in [0, 0.05) is 25.2 Å². The summed E-state index contributed by atoms with van der Waals surface area (Å²) in [7, 11) is 0. The Balaban J connectivity index is 1.55. The topological polar surface area (TPSA) is 68.9 Å². The molecule has 0 bridgehead atoms. The van der Waals surface area contributed by atoms with Crippen LogP contribution in [0.15, 0.2) is 59.7 Å². The summed E-state index contributed by atoms with van der Waals surface area (Å²) in [4.78, 5) is 30.0. The van der Waals surface area contributed by atoms with Crippen molar-refractivity contribution < 1.29 is 9.18 Å². The maximum absolute atomic E-state index is 13.8. The molecule has 6 nitrogen and oxygen atoms in total. The molecule has 0 aliphatic heterocycles. The fourth-order valence-electron chi connectivity index (χ4n) is 3.89. The fraction of sp³-hybridized carbons (Fsp3) is 0.240. The summed E-state index contributed by atoms with van der Waals surface area (Å²) < 4.78 is 17.0. The largest absolute Gasteiger partial charge is 0.352 e. The summed E-state index contributed by atoms with van der Waals surface area (Å²) in [5.41, 5.74) is 4.68. The predicted octanol–water partition coefficient (Wildman–Crippen LogP) is 3.96. The van der Waals surface area contributed by atoms with Crippen molar-refractivity contribution in [2.24, 2.45) is 0 Å². The van der Waals surface area contributed by atoms with Crippen molar-refractivity contribution in [3.05, 3.63) is 93.4 Å². The number of carbonyl (C=O) groups excluding carboxylic acids is 1. The predicted molar refractivity (Wildman–Crippen MR) is 122 cm³/mol. The van der Waals surface area contributed by atoms with Gasteiger partial charge in [0.1, 0.15) is 5.82 Å². The molecule has 32 heavy (non-hydrogen) atoms. The van der Waals surface area contributed by atoms with E-state index in [2.05, 4.69) is 10.3 Å². The van der Waals surface area contributed by atoms with Crippen molar-refractivity contribution in [2.75, 3.05) is 0 Å². The van der Waals surface area contributed by atoms with E-state index in [1.165, 1.54) is 23.0 Å². The molecule has 0 aliphatic carbocycles. The second kappa shape index (κ2) is 8.78. The van der Waals surface area contributed by atoms with Gasteiger partial charge in [-0.15, -0.1) is 0 Å². The van der Waals surface area contributed by atoms with Crippen LogP contribution in [0, 0.1) is 26.6 Å². The first-order chi connectivity index (χ1) is 15.4. The van der Waals surface area contributed by atoms with Crippen molar-refractivity contribution in [1.82, 2.24) is 19.4 Å². The van der Waals surface area contributed by atoms with Crippen molar-refractivity contribution >= 4 is 16.9 Å². The van der Waals surface area contributed by atoms with E-state index in [1.54, 1.807) is 16.7 Å². The summed E-state index contributed by atoms with van der Waals surface area (Å²) in [6, 6.07) is 14.1. The van der Waals surface area contributed by atoms with Crippen LogP contribution < -0.4 is 10.9 Å². The molecule has 2 heterocycles. The number of carbonyl (C=O) groups is 1. The highest BCUT2D eigenvalue weighted by Gasteiger charge is 2.18. The Morgan fingerprint density at radius 1 is 1.09 bits per heavy atom. The Kier molecular flexibility index (Phi) is 5.90. The highest BCUT2D eigenvalue weighted by molar-refractivity contribution is 5.83. The first-order valence-corrected chi connectivity index (χ1v) is 10.5. The molecule has 0 fully saturated rings. The molecule has 1 amide bonds. The molecule has 0 aliphatic rings. The quantitative estimate of drug-likeness (QED) is 0.502. The second-order valence-electron chi connectivity index (χ2n) is 7.92. The number of amides is 1. The lowest BCUT2D eigenvalue weighted by Crippen LogP contribution is -2.27. The van der Waals surface area contributed by atoms with Crippen LogP contribution in [0.2, 0.25) is 0 Å². The van der Waals surface area contributed by atoms with Gasteiger partial charge in [-0.05, 0) is 55.7 Å². The zero-order chi connectivity index (χ0) is 22.8. The van der Waals surface area contributed by atoms with Gasteiger partial charge < -0.3 is 5.32 Å². The molecule has 0 spiro atoms. The first-order valence-electron chi connectivity index (χ1n) is 10.5. The van der Waals surface area contributed by atoms with Crippen molar-refractivity contribution in [3.63, 3.8) is 0 Å². The number of hydrogen-bond donors (Lipinski definition) is 1. The zero-order valence-electron chi connectivity index (χ0n) is 18.4. The molecule has 4 aromatic rings. The normalized spacial score (nSPS) is 11.1. The minimum atomic E-state index is -0.355. The van der Waals surface area contributed by atoms with E-state index in [0.29, 0.717) is 23.3 Å². The van der Waals surface area contributed by atoms with E-state index in [4.69, 9.17) is 0 Å². The SMILES string of the molecule is Cc1ccccc1CNC(=O)CCn1cnc2c(c(C)c(C)n2-c2cccc(F)c2)c1=O. The smallest absolute Gasteiger partial charge is 0.263 e. The zero-order valence-corrected chi connectivity index (χ0v) is 18.4. The first kappa shape index (κ1) is 21.5. The maximum atomic E-state index is 13.8. The van der Waals surface area contributed by atoms with E-state index < -0.39 is 0 Å². The van der Waals surface area contributed by atoms with E-state index in [1.807, 2.05) is 45.0 Å². The van der Waals surface area contributed by atoms with E-state index >= 15 is 0 Å². The lowest BCUT2D eigenvalue weighted by atomic mass is 10.1.